The Hall–Kier alpha value is -0.560. The van der Waals surface area contributed by atoms with Crippen molar-refractivity contribution >= 4 is 23.2 Å². The minimum Gasteiger partial charge on any atom is -0.489 e. The molecule has 1 aromatic rings. The van der Waals surface area contributed by atoms with Gasteiger partial charge in [-0.3, -0.25) is 0 Å². The molecule has 0 bridgehead atoms. The molecule has 1 rings (SSSR count). The summed E-state index contributed by atoms with van der Waals surface area (Å²) in [4.78, 5) is 0. The van der Waals surface area contributed by atoms with Crippen LogP contribution in [0.15, 0.2) is 12.1 Å². The molecule has 1 aromatic carbocycles. The Morgan fingerprint density at radius 2 is 1.57 bits per heavy atom. The van der Waals surface area contributed by atoms with Crippen LogP contribution < -0.4 is 4.74 Å². The van der Waals surface area contributed by atoms with Gasteiger partial charge in [0.15, 0.2) is 0 Å². The fourth-order valence-corrected chi connectivity index (χ4v) is 2.15. The van der Waals surface area contributed by atoms with Gasteiger partial charge in [0.2, 0.25) is 0 Å². The minimum atomic E-state index is -0.191. The molecular formula is C14H20Cl2O5. The van der Waals surface area contributed by atoms with Gasteiger partial charge in [-0.1, -0.05) is 23.2 Å². The zero-order valence-electron chi connectivity index (χ0n) is 11.9. The van der Waals surface area contributed by atoms with Crippen LogP contribution in [0, 0.1) is 0 Å². The van der Waals surface area contributed by atoms with Crippen LogP contribution in [0.2, 0.25) is 10.0 Å². The fourth-order valence-electron chi connectivity index (χ4n) is 1.56. The molecule has 0 aliphatic carbocycles. The highest BCUT2D eigenvalue weighted by atomic mass is 35.5. The van der Waals surface area contributed by atoms with Crippen molar-refractivity contribution < 1.29 is 24.1 Å². The summed E-state index contributed by atoms with van der Waals surface area (Å²) < 4.78 is 21.0. The van der Waals surface area contributed by atoms with Crippen molar-refractivity contribution in [2.24, 2.45) is 0 Å². The molecule has 0 aliphatic rings. The zero-order valence-corrected chi connectivity index (χ0v) is 13.5. The number of benzene rings is 1. The summed E-state index contributed by atoms with van der Waals surface area (Å²) in [5.74, 6) is 0.434. The van der Waals surface area contributed by atoms with E-state index in [0.29, 0.717) is 61.0 Å². The summed E-state index contributed by atoms with van der Waals surface area (Å²) in [5, 5.41) is 10.1. The van der Waals surface area contributed by atoms with Gasteiger partial charge in [-0.25, -0.2) is 0 Å². The Morgan fingerprint density at radius 3 is 2.19 bits per heavy atom. The molecule has 21 heavy (non-hydrogen) atoms. The fraction of sp³-hybridized carbons (Fsp3) is 0.571. The van der Waals surface area contributed by atoms with Crippen LogP contribution in [-0.4, -0.2) is 51.9 Å². The Morgan fingerprint density at radius 1 is 0.952 bits per heavy atom. The number of methoxy groups -OCH3 is 1. The number of aliphatic hydroxyl groups excluding tert-OH is 1. The first-order valence-corrected chi connectivity index (χ1v) is 7.30. The number of hydrogen-bond acceptors (Lipinski definition) is 5. The molecule has 0 atom stereocenters. The summed E-state index contributed by atoms with van der Waals surface area (Å²) >= 11 is 11.9. The molecule has 7 heteroatoms. The van der Waals surface area contributed by atoms with Crippen LogP contribution >= 0.6 is 23.2 Å². The topological polar surface area (TPSA) is 57.2 Å². The van der Waals surface area contributed by atoms with Gasteiger partial charge in [0, 0.05) is 17.7 Å². The van der Waals surface area contributed by atoms with Gasteiger partial charge in [0.25, 0.3) is 0 Å². The lowest BCUT2D eigenvalue weighted by atomic mass is 10.2. The molecule has 5 nitrogen and oxygen atoms in total. The van der Waals surface area contributed by atoms with Crippen LogP contribution in [0.3, 0.4) is 0 Å². The van der Waals surface area contributed by atoms with Gasteiger partial charge in [-0.2, -0.15) is 0 Å². The van der Waals surface area contributed by atoms with Crippen molar-refractivity contribution in [1.29, 1.82) is 0 Å². The van der Waals surface area contributed by atoms with Crippen LogP contribution in [0.25, 0.3) is 0 Å². The lowest BCUT2D eigenvalue weighted by molar-refractivity contribution is 0.0178. The molecule has 0 unspecified atom stereocenters. The quantitative estimate of drug-likeness (QED) is 0.628. The monoisotopic (exact) mass is 338 g/mol. The van der Waals surface area contributed by atoms with E-state index in [9.17, 15) is 5.11 Å². The van der Waals surface area contributed by atoms with E-state index in [1.165, 1.54) is 0 Å². The Kier molecular flexibility index (Phi) is 9.74. The Bertz CT molecular complexity index is 415. The third kappa shape index (κ3) is 7.31. The van der Waals surface area contributed by atoms with Gasteiger partial charge in [-0.05, 0) is 12.1 Å². The highest BCUT2D eigenvalue weighted by molar-refractivity contribution is 6.35. The van der Waals surface area contributed by atoms with E-state index in [4.69, 9.17) is 42.1 Å². The maximum atomic E-state index is 9.26. The largest absolute Gasteiger partial charge is 0.489 e. The molecule has 1 N–H and O–H groups in total. The summed E-state index contributed by atoms with van der Waals surface area (Å²) in [6.45, 7) is 2.65. The van der Waals surface area contributed by atoms with Crippen LogP contribution in [-0.2, 0) is 20.8 Å². The van der Waals surface area contributed by atoms with Crippen LogP contribution in [0.5, 0.6) is 5.75 Å². The predicted octanol–water partition coefficient (Wildman–Crippen LogP) is 2.54. The third-order valence-electron chi connectivity index (χ3n) is 2.53. The molecule has 120 valence electrons. The van der Waals surface area contributed by atoms with E-state index >= 15 is 0 Å². The van der Waals surface area contributed by atoms with Gasteiger partial charge in [0.05, 0.1) is 44.7 Å². The SMILES string of the molecule is COCCOCCOCCOc1c(Cl)cc(Cl)cc1CO. The van der Waals surface area contributed by atoms with Crippen molar-refractivity contribution in [3.05, 3.63) is 27.7 Å². The van der Waals surface area contributed by atoms with Gasteiger partial charge >= 0.3 is 0 Å². The summed E-state index contributed by atoms with van der Waals surface area (Å²) in [5.41, 5.74) is 0.551. The minimum absolute atomic E-state index is 0.191. The Labute approximate surface area is 134 Å². The average molecular weight is 339 g/mol. The van der Waals surface area contributed by atoms with Crippen molar-refractivity contribution in [2.45, 2.75) is 6.61 Å². The molecule has 0 spiro atoms. The molecule has 0 saturated heterocycles. The maximum Gasteiger partial charge on any atom is 0.143 e. The normalized spacial score (nSPS) is 10.9. The molecular weight excluding hydrogens is 319 g/mol. The number of aliphatic hydroxyl groups is 1. The van der Waals surface area contributed by atoms with E-state index in [2.05, 4.69) is 0 Å². The number of hydrogen-bond donors (Lipinski definition) is 1. The second-order valence-corrected chi connectivity index (χ2v) is 4.94. The van der Waals surface area contributed by atoms with Crippen molar-refractivity contribution in [3.63, 3.8) is 0 Å². The molecule has 0 fully saturated rings. The van der Waals surface area contributed by atoms with Gasteiger partial charge < -0.3 is 24.1 Å². The van der Waals surface area contributed by atoms with E-state index in [0.717, 1.165) is 0 Å². The average Bonchev–Trinajstić information content (AvgIpc) is 2.46. The van der Waals surface area contributed by atoms with Gasteiger partial charge in [0.1, 0.15) is 12.4 Å². The first kappa shape index (κ1) is 18.5. The van der Waals surface area contributed by atoms with Crippen molar-refractivity contribution in [2.75, 3.05) is 46.8 Å². The molecule has 0 saturated carbocycles. The van der Waals surface area contributed by atoms with E-state index in [1.807, 2.05) is 0 Å². The lowest BCUT2D eigenvalue weighted by Crippen LogP contribution is -2.13. The van der Waals surface area contributed by atoms with E-state index in [-0.39, 0.29) is 6.61 Å². The molecule has 0 aromatic heterocycles. The number of rotatable bonds is 11. The van der Waals surface area contributed by atoms with Crippen molar-refractivity contribution in [3.8, 4) is 5.75 Å². The first-order chi connectivity index (χ1) is 10.2. The third-order valence-corrected chi connectivity index (χ3v) is 3.03. The molecule has 0 heterocycles. The lowest BCUT2D eigenvalue weighted by Gasteiger charge is -2.12. The summed E-state index contributed by atoms with van der Waals surface area (Å²) in [6.07, 6.45) is 0. The molecule has 0 aliphatic heterocycles. The number of halogens is 2. The Balaban J connectivity index is 2.21. The molecule has 0 radical (unpaired) electrons. The standard InChI is InChI=1S/C14H20Cl2O5/c1-18-2-3-19-4-5-20-6-7-21-14-11(10-17)8-12(15)9-13(14)16/h8-9,17H,2-7,10H2,1H3. The predicted molar refractivity (Wildman–Crippen MR) is 81.4 cm³/mol. The summed E-state index contributed by atoms with van der Waals surface area (Å²) in [7, 11) is 1.62. The first-order valence-electron chi connectivity index (χ1n) is 6.55. The van der Waals surface area contributed by atoms with Crippen LogP contribution in [0.1, 0.15) is 5.56 Å². The second kappa shape index (κ2) is 11.1. The van der Waals surface area contributed by atoms with E-state index < -0.39 is 0 Å². The number of ether oxygens (including phenoxy) is 4. The smallest absolute Gasteiger partial charge is 0.143 e. The van der Waals surface area contributed by atoms with Crippen molar-refractivity contribution in [1.82, 2.24) is 0 Å². The molecule has 0 amide bonds. The summed E-state index contributed by atoms with van der Waals surface area (Å²) in [6, 6.07) is 3.19. The second-order valence-electron chi connectivity index (χ2n) is 4.10. The van der Waals surface area contributed by atoms with Gasteiger partial charge in [-0.15, -0.1) is 0 Å². The zero-order chi connectivity index (χ0) is 15.5. The maximum absolute atomic E-state index is 9.26. The van der Waals surface area contributed by atoms with E-state index in [1.54, 1.807) is 19.2 Å². The highest BCUT2D eigenvalue weighted by Gasteiger charge is 2.10. The highest BCUT2D eigenvalue weighted by Crippen LogP contribution is 2.32. The van der Waals surface area contributed by atoms with Crippen LogP contribution in [0.4, 0.5) is 0 Å².